The average molecular weight is 906 g/mol. The minimum Gasteiger partial charge on any atom is -0.462 e. The Hall–Kier alpha value is -1.59. The zero-order chi connectivity index (χ0) is 46.5. The summed E-state index contributed by atoms with van der Waals surface area (Å²) >= 11 is 0. The summed E-state index contributed by atoms with van der Waals surface area (Å²) in [5, 5.41) is 0. The van der Waals surface area contributed by atoms with E-state index in [4.69, 9.17) is 14.2 Å². The number of hydrogen-bond donors (Lipinski definition) is 0. The second-order valence-corrected chi connectivity index (χ2v) is 19.9. The number of hydrogen-bond acceptors (Lipinski definition) is 6. The van der Waals surface area contributed by atoms with Gasteiger partial charge in [0, 0.05) is 19.3 Å². The molecule has 0 saturated carbocycles. The van der Waals surface area contributed by atoms with Gasteiger partial charge in [0.2, 0.25) is 0 Å². The van der Waals surface area contributed by atoms with Gasteiger partial charge in [-0.1, -0.05) is 297 Å². The first-order valence-electron chi connectivity index (χ1n) is 29.0. The minimum atomic E-state index is -0.761. The number of unbranched alkanes of at least 4 members (excludes halogenated alkanes) is 43. The zero-order valence-corrected chi connectivity index (χ0v) is 43.6. The van der Waals surface area contributed by atoms with Gasteiger partial charge in [-0.05, 0) is 19.3 Å². The largest absolute Gasteiger partial charge is 0.462 e. The van der Waals surface area contributed by atoms with E-state index in [0.29, 0.717) is 19.3 Å². The number of esters is 3. The summed E-state index contributed by atoms with van der Waals surface area (Å²) in [5.41, 5.74) is 0. The smallest absolute Gasteiger partial charge is 0.306 e. The molecule has 0 bridgehead atoms. The topological polar surface area (TPSA) is 78.9 Å². The van der Waals surface area contributed by atoms with E-state index in [9.17, 15) is 14.4 Å². The van der Waals surface area contributed by atoms with Gasteiger partial charge < -0.3 is 14.2 Å². The van der Waals surface area contributed by atoms with Crippen LogP contribution < -0.4 is 0 Å². The number of ether oxygens (including phenoxy) is 3. The van der Waals surface area contributed by atoms with Crippen LogP contribution in [0.3, 0.4) is 0 Å². The highest BCUT2D eigenvalue weighted by Gasteiger charge is 2.19. The third-order valence-corrected chi connectivity index (χ3v) is 13.4. The van der Waals surface area contributed by atoms with Gasteiger partial charge in [0.25, 0.3) is 0 Å². The summed E-state index contributed by atoms with van der Waals surface area (Å²) in [6, 6.07) is 0. The van der Waals surface area contributed by atoms with Gasteiger partial charge in [-0.2, -0.15) is 0 Å². The Kier molecular flexibility index (Phi) is 52.7. The van der Waals surface area contributed by atoms with E-state index >= 15 is 0 Å². The molecule has 0 aromatic carbocycles. The minimum absolute atomic E-state index is 0.0610. The van der Waals surface area contributed by atoms with E-state index in [2.05, 4.69) is 20.8 Å². The van der Waals surface area contributed by atoms with E-state index in [1.54, 1.807) is 0 Å². The molecule has 6 nitrogen and oxygen atoms in total. The molecular weight excluding hydrogens is 793 g/mol. The molecule has 0 heterocycles. The van der Waals surface area contributed by atoms with E-state index in [0.717, 1.165) is 57.8 Å². The maximum atomic E-state index is 12.8. The Balaban J connectivity index is 4.29. The second-order valence-electron chi connectivity index (χ2n) is 19.9. The third kappa shape index (κ3) is 51.4. The Labute approximate surface area is 399 Å². The average Bonchev–Trinajstić information content (AvgIpc) is 3.29. The van der Waals surface area contributed by atoms with Crippen LogP contribution in [0.4, 0.5) is 0 Å². The highest BCUT2D eigenvalue weighted by molar-refractivity contribution is 5.71. The Morgan fingerprint density at radius 1 is 0.250 bits per heavy atom. The molecule has 0 aromatic rings. The summed E-state index contributed by atoms with van der Waals surface area (Å²) in [6.07, 6.45) is 59.4. The number of carbonyl (C=O) groups is 3. The molecule has 0 radical (unpaired) electrons. The second kappa shape index (κ2) is 54.0. The van der Waals surface area contributed by atoms with Crippen molar-refractivity contribution in [1.29, 1.82) is 0 Å². The van der Waals surface area contributed by atoms with Crippen molar-refractivity contribution in [3.05, 3.63) is 0 Å². The maximum Gasteiger partial charge on any atom is 0.306 e. The highest BCUT2D eigenvalue weighted by atomic mass is 16.6. The van der Waals surface area contributed by atoms with Gasteiger partial charge in [0.1, 0.15) is 13.2 Å². The van der Waals surface area contributed by atoms with Crippen LogP contribution in [0.1, 0.15) is 335 Å². The molecule has 0 saturated heterocycles. The van der Waals surface area contributed by atoms with Crippen molar-refractivity contribution >= 4 is 17.9 Å². The van der Waals surface area contributed by atoms with Crippen LogP contribution in [0, 0.1) is 0 Å². The molecule has 0 aromatic heterocycles. The molecule has 380 valence electrons. The van der Waals surface area contributed by atoms with E-state index in [1.807, 2.05) is 0 Å². The van der Waals surface area contributed by atoms with Crippen LogP contribution in [-0.2, 0) is 28.6 Å². The first kappa shape index (κ1) is 62.4. The van der Waals surface area contributed by atoms with Crippen LogP contribution in [0.2, 0.25) is 0 Å². The van der Waals surface area contributed by atoms with Crippen molar-refractivity contribution in [1.82, 2.24) is 0 Å². The third-order valence-electron chi connectivity index (χ3n) is 13.4. The first-order valence-corrected chi connectivity index (χ1v) is 29.0. The molecule has 0 aliphatic carbocycles. The van der Waals surface area contributed by atoms with Crippen LogP contribution in [0.15, 0.2) is 0 Å². The molecule has 0 fully saturated rings. The van der Waals surface area contributed by atoms with Crippen molar-refractivity contribution in [3.8, 4) is 0 Å². The van der Waals surface area contributed by atoms with Gasteiger partial charge in [-0.25, -0.2) is 0 Å². The molecule has 0 unspecified atom stereocenters. The van der Waals surface area contributed by atoms with Crippen LogP contribution >= 0.6 is 0 Å². The lowest BCUT2D eigenvalue weighted by atomic mass is 10.0. The molecule has 0 spiro atoms. The molecule has 0 amide bonds. The van der Waals surface area contributed by atoms with E-state index in [1.165, 1.54) is 238 Å². The number of carbonyl (C=O) groups excluding carboxylic acids is 3. The molecule has 6 heteroatoms. The van der Waals surface area contributed by atoms with Gasteiger partial charge in [0.05, 0.1) is 0 Å². The summed E-state index contributed by atoms with van der Waals surface area (Å²) in [5.74, 6) is -0.831. The Bertz CT molecular complexity index is 951. The maximum absolute atomic E-state index is 12.8. The van der Waals surface area contributed by atoms with Crippen molar-refractivity contribution in [3.63, 3.8) is 0 Å². The molecule has 64 heavy (non-hydrogen) atoms. The molecule has 0 rings (SSSR count). The summed E-state index contributed by atoms with van der Waals surface area (Å²) in [6.45, 7) is 6.71. The van der Waals surface area contributed by atoms with Gasteiger partial charge in [-0.15, -0.1) is 0 Å². The van der Waals surface area contributed by atoms with E-state index < -0.39 is 6.10 Å². The fourth-order valence-corrected chi connectivity index (χ4v) is 8.98. The van der Waals surface area contributed by atoms with Gasteiger partial charge in [0.15, 0.2) is 6.10 Å². The molecule has 0 aliphatic heterocycles. The fraction of sp³-hybridized carbons (Fsp3) is 0.948. The summed E-state index contributed by atoms with van der Waals surface area (Å²) in [4.78, 5) is 38.1. The first-order chi connectivity index (χ1) is 31.5. The quantitative estimate of drug-likeness (QED) is 0.0344. The van der Waals surface area contributed by atoms with E-state index in [-0.39, 0.29) is 31.1 Å². The Morgan fingerprint density at radius 3 is 0.625 bits per heavy atom. The van der Waals surface area contributed by atoms with Crippen molar-refractivity contribution < 1.29 is 28.6 Å². The van der Waals surface area contributed by atoms with Gasteiger partial charge >= 0.3 is 17.9 Å². The van der Waals surface area contributed by atoms with Crippen LogP contribution in [0.25, 0.3) is 0 Å². The SMILES string of the molecule is CCCCCCCCCCCCCCCCCCC(=O)OC[C@H](COC(=O)CCCCCCCCCCCCCCCC)OC(=O)CCCCCCCCCCCCCCCCCC. The molecule has 0 aliphatic rings. The number of rotatable bonds is 54. The normalized spacial score (nSPS) is 11.9. The molecule has 1 atom stereocenters. The highest BCUT2D eigenvalue weighted by Crippen LogP contribution is 2.18. The summed E-state index contributed by atoms with van der Waals surface area (Å²) in [7, 11) is 0. The lowest BCUT2D eigenvalue weighted by Crippen LogP contribution is -2.30. The predicted molar refractivity (Wildman–Crippen MR) is 275 cm³/mol. The molecular formula is C58H112O6. The standard InChI is InChI=1S/C58H112O6/c1-4-7-10-13-16-19-22-25-28-30-33-36-39-42-45-48-51-57(60)63-54-55(53-62-56(59)50-47-44-41-38-35-32-27-24-21-18-15-12-9-6-3)64-58(61)52-49-46-43-40-37-34-31-29-26-23-20-17-14-11-8-5-2/h55H,4-54H2,1-3H3/t55-/m0/s1. The lowest BCUT2D eigenvalue weighted by Gasteiger charge is -2.18. The predicted octanol–water partition coefficient (Wildman–Crippen LogP) is 19.2. The van der Waals surface area contributed by atoms with Crippen molar-refractivity contribution in [2.45, 2.75) is 341 Å². The van der Waals surface area contributed by atoms with Crippen molar-refractivity contribution in [2.75, 3.05) is 13.2 Å². The monoisotopic (exact) mass is 905 g/mol. The van der Waals surface area contributed by atoms with Crippen molar-refractivity contribution in [2.24, 2.45) is 0 Å². The lowest BCUT2D eigenvalue weighted by molar-refractivity contribution is -0.167. The Morgan fingerprint density at radius 2 is 0.422 bits per heavy atom. The fourth-order valence-electron chi connectivity index (χ4n) is 8.98. The van der Waals surface area contributed by atoms with Crippen LogP contribution in [0.5, 0.6) is 0 Å². The van der Waals surface area contributed by atoms with Crippen LogP contribution in [-0.4, -0.2) is 37.2 Å². The molecule has 0 N–H and O–H groups in total. The zero-order valence-electron chi connectivity index (χ0n) is 43.6. The summed E-state index contributed by atoms with van der Waals surface area (Å²) < 4.78 is 16.9. The van der Waals surface area contributed by atoms with Gasteiger partial charge in [-0.3, -0.25) is 14.4 Å².